The van der Waals surface area contributed by atoms with Crippen molar-refractivity contribution >= 4 is 17.5 Å². The van der Waals surface area contributed by atoms with E-state index in [2.05, 4.69) is 5.32 Å². The first-order valence-electron chi connectivity index (χ1n) is 9.51. The fourth-order valence-corrected chi connectivity index (χ4v) is 3.14. The van der Waals surface area contributed by atoms with Crippen molar-refractivity contribution in [3.05, 3.63) is 59.7 Å². The lowest BCUT2D eigenvalue weighted by Gasteiger charge is -2.18. The molecule has 2 aromatic carbocycles. The molecule has 1 N–H and O–H groups in total. The third-order valence-electron chi connectivity index (χ3n) is 4.66. The number of carbonyl (C=O) groups is 2. The van der Waals surface area contributed by atoms with Crippen LogP contribution < -0.4 is 10.1 Å². The number of hydrogen-bond acceptors (Lipinski definition) is 3. The average molecular weight is 366 g/mol. The van der Waals surface area contributed by atoms with Gasteiger partial charge in [0.1, 0.15) is 5.75 Å². The number of anilines is 1. The van der Waals surface area contributed by atoms with Crippen molar-refractivity contribution in [1.29, 1.82) is 0 Å². The second kappa shape index (κ2) is 9.21. The molecule has 1 heterocycles. The molecule has 27 heavy (non-hydrogen) atoms. The summed E-state index contributed by atoms with van der Waals surface area (Å²) in [5, 5.41) is 2.88. The molecule has 2 amide bonds. The number of hydrogen-bond donors (Lipinski definition) is 1. The van der Waals surface area contributed by atoms with E-state index in [-0.39, 0.29) is 11.8 Å². The molecule has 2 aromatic rings. The number of rotatable bonds is 7. The summed E-state index contributed by atoms with van der Waals surface area (Å²) >= 11 is 0. The number of ether oxygens (including phenoxy) is 1. The first kappa shape index (κ1) is 19.0. The van der Waals surface area contributed by atoms with Crippen LogP contribution in [0.4, 0.5) is 5.69 Å². The molecule has 0 saturated carbocycles. The molecule has 0 aliphatic carbocycles. The maximum Gasteiger partial charge on any atom is 0.255 e. The second-order valence-electron chi connectivity index (χ2n) is 6.86. The Balaban J connectivity index is 1.49. The number of aryl methyl sites for hydroxylation is 1. The fourth-order valence-electron chi connectivity index (χ4n) is 3.14. The third kappa shape index (κ3) is 5.33. The Morgan fingerprint density at radius 3 is 2.48 bits per heavy atom. The van der Waals surface area contributed by atoms with E-state index in [1.165, 1.54) is 5.56 Å². The summed E-state index contributed by atoms with van der Waals surface area (Å²) < 4.78 is 5.65. The predicted octanol–water partition coefficient (Wildman–Crippen LogP) is 4.03. The van der Waals surface area contributed by atoms with Gasteiger partial charge in [-0.25, -0.2) is 0 Å². The molecular formula is C22H26N2O3. The van der Waals surface area contributed by atoms with Gasteiger partial charge in [0.05, 0.1) is 17.9 Å². The first-order valence-corrected chi connectivity index (χ1v) is 9.51. The van der Waals surface area contributed by atoms with Crippen LogP contribution in [0.15, 0.2) is 48.5 Å². The van der Waals surface area contributed by atoms with Gasteiger partial charge in [0.15, 0.2) is 0 Å². The van der Waals surface area contributed by atoms with Gasteiger partial charge in [-0.1, -0.05) is 29.8 Å². The third-order valence-corrected chi connectivity index (χ3v) is 4.66. The summed E-state index contributed by atoms with van der Waals surface area (Å²) in [4.78, 5) is 26.8. The average Bonchev–Trinajstić information content (AvgIpc) is 3.21. The Morgan fingerprint density at radius 2 is 1.74 bits per heavy atom. The number of para-hydroxylation sites is 1. The molecule has 1 aliphatic rings. The van der Waals surface area contributed by atoms with Crippen LogP contribution >= 0.6 is 0 Å². The fraction of sp³-hybridized carbons (Fsp3) is 0.364. The van der Waals surface area contributed by atoms with Crippen LogP contribution in [-0.4, -0.2) is 36.4 Å². The highest BCUT2D eigenvalue weighted by molar-refractivity contribution is 6.03. The van der Waals surface area contributed by atoms with Crippen molar-refractivity contribution < 1.29 is 14.3 Å². The van der Waals surface area contributed by atoms with Gasteiger partial charge in [0.2, 0.25) is 5.91 Å². The monoisotopic (exact) mass is 366 g/mol. The highest BCUT2D eigenvalue weighted by atomic mass is 16.5. The minimum absolute atomic E-state index is 0.00824. The molecule has 0 radical (unpaired) electrons. The number of nitrogens with zero attached hydrogens (tertiary/aromatic N) is 1. The molecule has 5 heteroatoms. The summed E-state index contributed by atoms with van der Waals surface area (Å²) in [5.74, 6) is 0.692. The number of carbonyl (C=O) groups excluding carboxylic acids is 2. The van der Waals surface area contributed by atoms with Crippen LogP contribution in [0.5, 0.6) is 5.75 Å². The highest BCUT2D eigenvalue weighted by Gasteiger charge is 2.22. The van der Waals surface area contributed by atoms with E-state index in [1.807, 2.05) is 48.2 Å². The molecular weight excluding hydrogens is 340 g/mol. The second-order valence-corrected chi connectivity index (χ2v) is 6.86. The van der Waals surface area contributed by atoms with E-state index in [4.69, 9.17) is 4.74 Å². The van der Waals surface area contributed by atoms with Crippen LogP contribution in [0.2, 0.25) is 0 Å². The predicted molar refractivity (Wildman–Crippen MR) is 106 cm³/mol. The molecule has 0 aromatic heterocycles. The Labute approximate surface area is 160 Å². The van der Waals surface area contributed by atoms with E-state index in [9.17, 15) is 9.59 Å². The molecule has 1 aliphatic heterocycles. The molecule has 3 rings (SSSR count). The van der Waals surface area contributed by atoms with Crippen LogP contribution in [0.25, 0.3) is 0 Å². The molecule has 1 fully saturated rings. The summed E-state index contributed by atoms with van der Waals surface area (Å²) in [6, 6.07) is 15.1. The summed E-state index contributed by atoms with van der Waals surface area (Å²) in [7, 11) is 0. The van der Waals surface area contributed by atoms with Crippen molar-refractivity contribution in [3.8, 4) is 5.75 Å². The smallest absolute Gasteiger partial charge is 0.255 e. The van der Waals surface area contributed by atoms with Gasteiger partial charge < -0.3 is 15.0 Å². The number of nitrogens with one attached hydrogen (secondary N) is 1. The van der Waals surface area contributed by atoms with Gasteiger partial charge in [0, 0.05) is 19.5 Å². The van der Waals surface area contributed by atoms with Crippen LogP contribution in [-0.2, 0) is 4.79 Å². The van der Waals surface area contributed by atoms with Gasteiger partial charge in [-0.15, -0.1) is 0 Å². The largest absolute Gasteiger partial charge is 0.494 e. The van der Waals surface area contributed by atoms with E-state index in [0.717, 1.165) is 31.7 Å². The van der Waals surface area contributed by atoms with Gasteiger partial charge in [-0.05, 0) is 50.5 Å². The van der Waals surface area contributed by atoms with E-state index in [0.29, 0.717) is 30.7 Å². The number of likely N-dealkylation sites (tertiary alicyclic amines) is 1. The van der Waals surface area contributed by atoms with Gasteiger partial charge >= 0.3 is 0 Å². The van der Waals surface area contributed by atoms with Crippen molar-refractivity contribution in [3.63, 3.8) is 0 Å². The maximum atomic E-state index is 12.6. The zero-order valence-corrected chi connectivity index (χ0v) is 15.7. The van der Waals surface area contributed by atoms with Crippen molar-refractivity contribution in [2.24, 2.45) is 0 Å². The zero-order chi connectivity index (χ0) is 19.1. The van der Waals surface area contributed by atoms with Crippen molar-refractivity contribution in [1.82, 2.24) is 4.90 Å². The minimum Gasteiger partial charge on any atom is -0.494 e. The Bertz CT molecular complexity index is 780. The quantitative estimate of drug-likeness (QED) is 0.753. The minimum atomic E-state index is -0.107. The van der Waals surface area contributed by atoms with Gasteiger partial charge in [0.25, 0.3) is 5.91 Å². The normalized spacial score (nSPS) is 13.4. The Morgan fingerprint density at radius 1 is 1.04 bits per heavy atom. The summed E-state index contributed by atoms with van der Waals surface area (Å²) in [5.41, 5.74) is 2.33. The SMILES string of the molecule is Cc1ccc(OCCCC(=O)Nc2ccccc2C(=O)N2CCCC2)cc1. The molecule has 5 nitrogen and oxygen atoms in total. The molecule has 0 spiro atoms. The van der Waals surface area contributed by atoms with Gasteiger partial charge in [-0.3, -0.25) is 9.59 Å². The lowest BCUT2D eigenvalue weighted by molar-refractivity contribution is -0.116. The zero-order valence-electron chi connectivity index (χ0n) is 15.7. The van der Waals surface area contributed by atoms with Crippen LogP contribution in [0.1, 0.15) is 41.6 Å². The molecule has 1 saturated heterocycles. The van der Waals surface area contributed by atoms with Gasteiger partial charge in [-0.2, -0.15) is 0 Å². The number of benzene rings is 2. The van der Waals surface area contributed by atoms with Crippen molar-refractivity contribution in [2.75, 3.05) is 25.0 Å². The topological polar surface area (TPSA) is 58.6 Å². The van der Waals surface area contributed by atoms with E-state index >= 15 is 0 Å². The lowest BCUT2D eigenvalue weighted by atomic mass is 10.1. The summed E-state index contributed by atoms with van der Waals surface area (Å²) in [6.07, 6.45) is 3.04. The van der Waals surface area contributed by atoms with Crippen LogP contribution in [0, 0.1) is 6.92 Å². The summed E-state index contributed by atoms with van der Waals surface area (Å²) in [6.45, 7) is 4.08. The molecule has 0 atom stereocenters. The standard InChI is InChI=1S/C22H26N2O3/c1-17-10-12-18(13-11-17)27-16-6-9-21(25)23-20-8-3-2-7-19(20)22(26)24-14-4-5-15-24/h2-3,7-8,10-13H,4-6,9,14-16H2,1H3,(H,23,25). The van der Waals surface area contributed by atoms with Crippen molar-refractivity contribution in [2.45, 2.75) is 32.6 Å². The number of amides is 2. The Hall–Kier alpha value is -2.82. The maximum absolute atomic E-state index is 12.6. The Kier molecular flexibility index (Phi) is 6.47. The molecule has 0 bridgehead atoms. The lowest BCUT2D eigenvalue weighted by Crippen LogP contribution is -2.28. The highest BCUT2D eigenvalue weighted by Crippen LogP contribution is 2.20. The van der Waals surface area contributed by atoms with E-state index < -0.39 is 0 Å². The van der Waals surface area contributed by atoms with Crippen LogP contribution in [0.3, 0.4) is 0 Å². The molecule has 0 unspecified atom stereocenters. The van der Waals surface area contributed by atoms with E-state index in [1.54, 1.807) is 12.1 Å². The first-order chi connectivity index (χ1) is 13.1. The molecule has 142 valence electrons.